The van der Waals surface area contributed by atoms with Gasteiger partial charge in [-0.05, 0) is 36.8 Å². The summed E-state index contributed by atoms with van der Waals surface area (Å²) in [6, 6.07) is 7.52. The molecule has 0 bridgehead atoms. The van der Waals surface area contributed by atoms with Gasteiger partial charge in [0.1, 0.15) is 11.6 Å². The predicted octanol–water partition coefficient (Wildman–Crippen LogP) is 1.86. The smallest absolute Gasteiger partial charge is 0.191 e. The normalized spacial score (nSPS) is 10.2. The van der Waals surface area contributed by atoms with Crippen LogP contribution in [0.25, 0.3) is 10.9 Å². The molecule has 17 heavy (non-hydrogen) atoms. The van der Waals surface area contributed by atoms with E-state index >= 15 is 0 Å². The molecule has 1 aromatic heterocycles. The molecule has 0 spiro atoms. The zero-order chi connectivity index (χ0) is 12.4. The quantitative estimate of drug-likeness (QED) is 0.543. The monoisotopic (exact) mass is 230 g/mol. The molecular weight excluding hydrogens is 216 g/mol. The van der Waals surface area contributed by atoms with E-state index in [1.807, 2.05) is 31.2 Å². The Kier molecular flexibility index (Phi) is 2.82. The van der Waals surface area contributed by atoms with E-state index in [0.29, 0.717) is 5.82 Å². The number of guanidine groups is 1. The van der Waals surface area contributed by atoms with Gasteiger partial charge >= 0.3 is 0 Å². The lowest BCUT2D eigenvalue weighted by Crippen LogP contribution is -2.21. The molecule has 88 valence electrons. The maximum atomic E-state index is 7.18. The van der Waals surface area contributed by atoms with E-state index < -0.39 is 0 Å². The van der Waals surface area contributed by atoms with Gasteiger partial charge in [0.05, 0.1) is 12.6 Å². The number of nitrogens with two attached hydrogens (primary N) is 1. The number of aryl methyl sites for hydroxylation is 1. The van der Waals surface area contributed by atoms with Crippen LogP contribution in [0.15, 0.2) is 24.3 Å². The lowest BCUT2D eigenvalue weighted by atomic mass is 10.1. The number of aromatic nitrogens is 1. The van der Waals surface area contributed by atoms with Crippen molar-refractivity contribution < 1.29 is 4.74 Å². The number of pyridine rings is 1. The second-order valence-corrected chi connectivity index (χ2v) is 3.75. The molecule has 0 unspecified atom stereocenters. The van der Waals surface area contributed by atoms with Crippen molar-refractivity contribution in [3.63, 3.8) is 0 Å². The highest BCUT2D eigenvalue weighted by Crippen LogP contribution is 2.24. The Hall–Kier alpha value is -2.30. The summed E-state index contributed by atoms with van der Waals surface area (Å²) in [5, 5.41) is 10.9. The van der Waals surface area contributed by atoms with Gasteiger partial charge in [-0.25, -0.2) is 4.98 Å². The van der Waals surface area contributed by atoms with Crippen molar-refractivity contribution in [1.82, 2.24) is 4.98 Å². The second-order valence-electron chi connectivity index (χ2n) is 3.75. The largest absolute Gasteiger partial charge is 0.497 e. The van der Waals surface area contributed by atoms with Crippen LogP contribution >= 0.6 is 0 Å². The van der Waals surface area contributed by atoms with Gasteiger partial charge < -0.3 is 15.8 Å². The number of hydrogen-bond acceptors (Lipinski definition) is 3. The fourth-order valence-corrected chi connectivity index (χ4v) is 1.70. The van der Waals surface area contributed by atoms with E-state index in [4.69, 9.17) is 15.9 Å². The van der Waals surface area contributed by atoms with Crippen LogP contribution in [-0.2, 0) is 0 Å². The summed E-state index contributed by atoms with van der Waals surface area (Å²) in [5.41, 5.74) is 7.17. The highest BCUT2D eigenvalue weighted by atomic mass is 16.5. The molecule has 0 aliphatic carbocycles. The molecule has 0 atom stereocenters. The lowest BCUT2D eigenvalue weighted by molar-refractivity contribution is 0.415. The topological polar surface area (TPSA) is 84.0 Å². The Morgan fingerprint density at radius 2 is 2.18 bits per heavy atom. The molecule has 2 aromatic rings. The van der Waals surface area contributed by atoms with Gasteiger partial charge in [0.25, 0.3) is 0 Å². The maximum Gasteiger partial charge on any atom is 0.191 e. The van der Waals surface area contributed by atoms with Gasteiger partial charge in [0.15, 0.2) is 5.96 Å². The van der Waals surface area contributed by atoms with Gasteiger partial charge in [-0.15, -0.1) is 0 Å². The molecule has 0 aliphatic heterocycles. The molecule has 1 aromatic carbocycles. The van der Waals surface area contributed by atoms with Crippen LogP contribution in [0.3, 0.4) is 0 Å². The number of ether oxygens (including phenoxy) is 1. The Bertz CT molecular complexity index is 580. The van der Waals surface area contributed by atoms with Crippen molar-refractivity contribution in [1.29, 1.82) is 5.41 Å². The van der Waals surface area contributed by atoms with E-state index in [2.05, 4.69) is 10.3 Å². The van der Waals surface area contributed by atoms with E-state index in [9.17, 15) is 0 Å². The summed E-state index contributed by atoms with van der Waals surface area (Å²) < 4.78 is 5.17. The first-order chi connectivity index (χ1) is 8.10. The van der Waals surface area contributed by atoms with Crippen LogP contribution in [0.2, 0.25) is 0 Å². The third kappa shape index (κ3) is 2.28. The standard InChI is InChI=1S/C12H14N4O/c1-7-5-11(16-12(13)14)15-10-4-3-8(17-2)6-9(7)10/h3-6H,1-2H3,(H4,13,14,15,16). The number of benzene rings is 1. The van der Waals surface area contributed by atoms with Crippen molar-refractivity contribution in [3.8, 4) is 5.75 Å². The highest BCUT2D eigenvalue weighted by molar-refractivity contribution is 5.92. The number of rotatable bonds is 2. The van der Waals surface area contributed by atoms with Crippen LogP contribution in [0.1, 0.15) is 5.56 Å². The molecule has 2 rings (SSSR count). The summed E-state index contributed by atoms with van der Waals surface area (Å²) in [6.07, 6.45) is 0. The molecule has 0 amide bonds. The van der Waals surface area contributed by atoms with Gasteiger partial charge in [-0.1, -0.05) is 0 Å². The van der Waals surface area contributed by atoms with E-state index in [-0.39, 0.29) is 5.96 Å². The molecule has 0 aliphatic rings. The zero-order valence-electron chi connectivity index (χ0n) is 9.74. The Balaban J connectivity index is 2.55. The Morgan fingerprint density at radius 3 is 2.82 bits per heavy atom. The van der Waals surface area contributed by atoms with Gasteiger partial charge in [-0.3, -0.25) is 5.41 Å². The SMILES string of the molecule is COc1ccc2nc(NC(=N)N)cc(C)c2c1. The number of fused-ring (bicyclic) bond motifs is 1. The summed E-state index contributed by atoms with van der Waals surface area (Å²) in [4.78, 5) is 4.36. The first-order valence-electron chi connectivity index (χ1n) is 5.16. The number of nitrogens with zero attached hydrogens (tertiary/aromatic N) is 1. The summed E-state index contributed by atoms with van der Waals surface area (Å²) in [6.45, 7) is 1.98. The third-order valence-electron chi connectivity index (χ3n) is 2.49. The number of nitrogens with one attached hydrogen (secondary N) is 2. The first kappa shape index (κ1) is 11.2. The molecule has 0 saturated carbocycles. The fourth-order valence-electron chi connectivity index (χ4n) is 1.70. The van der Waals surface area contributed by atoms with Crippen LogP contribution in [-0.4, -0.2) is 18.1 Å². The van der Waals surface area contributed by atoms with Gasteiger partial charge in [0, 0.05) is 5.39 Å². The molecule has 1 heterocycles. The molecule has 0 fully saturated rings. The molecule has 4 N–H and O–H groups in total. The molecular formula is C12H14N4O. The fraction of sp³-hybridized carbons (Fsp3) is 0.167. The number of methoxy groups -OCH3 is 1. The van der Waals surface area contributed by atoms with Gasteiger partial charge in [-0.2, -0.15) is 0 Å². The average Bonchev–Trinajstić information content (AvgIpc) is 2.28. The van der Waals surface area contributed by atoms with Crippen molar-refractivity contribution in [3.05, 3.63) is 29.8 Å². The van der Waals surface area contributed by atoms with Crippen LogP contribution in [0, 0.1) is 12.3 Å². The van der Waals surface area contributed by atoms with E-state index in [1.165, 1.54) is 0 Å². The third-order valence-corrected chi connectivity index (χ3v) is 2.49. The molecule has 0 radical (unpaired) electrons. The second kappa shape index (κ2) is 4.29. The minimum absolute atomic E-state index is 0.121. The number of anilines is 1. The van der Waals surface area contributed by atoms with Crippen molar-refractivity contribution in [2.45, 2.75) is 6.92 Å². The van der Waals surface area contributed by atoms with E-state index in [0.717, 1.165) is 22.2 Å². The van der Waals surface area contributed by atoms with Crippen LogP contribution in [0.4, 0.5) is 5.82 Å². The summed E-state index contributed by atoms with van der Waals surface area (Å²) in [5.74, 6) is 1.26. The van der Waals surface area contributed by atoms with Crippen LogP contribution in [0.5, 0.6) is 5.75 Å². The van der Waals surface area contributed by atoms with E-state index in [1.54, 1.807) is 7.11 Å². The molecule has 5 heteroatoms. The Labute approximate surface area is 99.1 Å². The average molecular weight is 230 g/mol. The Morgan fingerprint density at radius 1 is 1.41 bits per heavy atom. The maximum absolute atomic E-state index is 7.18. The minimum Gasteiger partial charge on any atom is -0.497 e. The molecule has 5 nitrogen and oxygen atoms in total. The number of hydrogen-bond donors (Lipinski definition) is 3. The van der Waals surface area contributed by atoms with Crippen molar-refractivity contribution in [2.24, 2.45) is 5.73 Å². The minimum atomic E-state index is -0.121. The van der Waals surface area contributed by atoms with Crippen LogP contribution < -0.4 is 15.8 Å². The lowest BCUT2D eigenvalue weighted by Gasteiger charge is -2.08. The highest BCUT2D eigenvalue weighted by Gasteiger charge is 2.04. The summed E-state index contributed by atoms with van der Waals surface area (Å²) >= 11 is 0. The molecule has 0 saturated heterocycles. The zero-order valence-corrected chi connectivity index (χ0v) is 9.74. The first-order valence-corrected chi connectivity index (χ1v) is 5.16. The van der Waals surface area contributed by atoms with Crippen molar-refractivity contribution >= 4 is 22.7 Å². The van der Waals surface area contributed by atoms with Gasteiger partial charge in [0.2, 0.25) is 0 Å². The predicted molar refractivity (Wildman–Crippen MR) is 68.6 cm³/mol. The van der Waals surface area contributed by atoms with Crippen molar-refractivity contribution in [2.75, 3.05) is 12.4 Å². The summed E-state index contributed by atoms with van der Waals surface area (Å²) in [7, 11) is 1.63.